The largest absolute Gasteiger partial charge is 0.397 e. The molecule has 4 rings (SSSR count). The number of aromatic nitrogens is 2. The first-order valence-electron chi connectivity index (χ1n) is 9.23. The van der Waals surface area contributed by atoms with Gasteiger partial charge in [-0.1, -0.05) is 24.3 Å². The molecule has 1 aliphatic rings. The van der Waals surface area contributed by atoms with Gasteiger partial charge < -0.3 is 20.6 Å². The first-order chi connectivity index (χ1) is 13.1. The number of anilines is 2. The van der Waals surface area contributed by atoms with Crippen molar-refractivity contribution >= 4 is 34.4 Å². The molecule has 3 aromatic rings. The number of nitrogen functional groups attached to an aromatic ring is 1. The van der Waals surface area contributed by atoms with E-state index in [1.54, 1.807) is 0 Å². The van der Waals surface area contributed by atoms with Crippen molar-refractivity contribution in [3.8, 4) is 0 Å². The van der Waals surface area contributed by atoms with Crippen molar-refractivity contribution in [1.82, 2.24) is 15.1 Å². The Morgan fingerprint density at radius 2 is 1.96 bits per heavy atom. The lowest BCUT2D eigenvalue weighted by atomic mass is 10.1. The third-order valence-corrected chi connectivity index (χ3v) is 5.15. The lowest BCUT2D eigenvalue weighted by Crippen LogP contribution is -2.44. The van der Waals surface area contributed by atoms with Crippen molar-refractivity contribution in [3.63, 3.8) is 0 Å². The van der Waals surface area contributed by atoms with E-state index in [4.69, 9.17) is 5.73 Å². The Hall–Kier alpha value is -2.83. The van der Waals surface area contributed by atoms with E-state index in [1.807, 2.05) is 42.5 Å². The molecular weight excluding hydrogens is 338 g/mol. The van der Waals surface area contributed by atoms with E-state index in [0.29, 0.717) is 0 Å². The van der Waals surface area contributed by atoms with Crippen molar-refractivity contribution in [3.05, 3.63) is 53.2 Å². The zero-order chi connectivity index (χ0) is 18.8. The quantitative estimate of drug-likeness (QED) is 0.621. The molecule has 1 aromatic heterocycles. The summed E-state index contributed by atoms with van der Waals surface area (Å²) in [5.41, 5.74) is 12.0. The number of hydrogen-bond donors (Lipinski definition) is 3. The monoisotopic (exact) mass is 363 g/mol. The Morgan fingerprint density at radius 1 is 1.15 bits per heavy atom. The third kappa shape index (κ3) is 3.67. The summed E-state index contributed by atoms with van der Waals surface area (Å²) in [5.74, 6) is 0. The maximum absolute atomic E-state index is 9.27. The standard InChI is InChI=1S/C21H25N5O/c1-25-7-9-26(10-8-25)21-13-20-17(12-18(21)22)19(23-24-20)6-5-15-3-2-4-16(11-15)14-27/h2-6,11-13,27H,7-10,14,22H2,1H3,(H,23,24)/b6-5+. The number of nitrogens with zero attached hydrogens (tertiary/aromatic N) is 3. The summed E-state index contributed by atoms with van der Waals surface area (Å²) >= 11 is 0. The summed E-state index contributed by atoms with van der Waals surface area (Å²) in [5, 5.41) is 17.9. The van der Waals surface area contributed by atoms with Crippen LogP contribution < -0.4 is 10.6 Å². The SMILES string of the molecule is CN1CCN(c2cc3[nH]nc(/C=C/c4cccc(CO)c4)c3cc2N)CC1. The topological polar surface area (TPSA) is 81.4 Å². The molecule has 0 radical (unpaired) electrons. The van der Waals surface area contributed by atoms with E-state index in [-0.39, 0.29) is 6.61 Å². The highest BCUT2D eigenvalue weighted by Gasteiger charge is 2.18. The van der Waals surface area contributed by atoms with Gasteiger partial charge in [-0.3, -0.25) is 5.10 Å². The maximum atomic E-state index is 9.27. The Kier molecular flexibility index (Phi) is 4.83. The number of nitrogens with two attached hydrogens (primary N) is 1. The van der Waals surface area contributed by atoms with Gasteiger partial charge in [0.1, 0.15) is 0 Å². The normalized spacial score (nSPS) is 15.9. The Morgan fingerprint density at radius 3 is 2.74 bits per heavy atom. The van der Waals surface area contributed by atoms with Gasteiger partial charge in [0.15, 0.2) is 0 Å². The summed E-state index contributed by atoms with van der Waals surface area (Å²) in [6.45, 7) is 4.09. The minimum absolute atomic E-state index is 0.0403. The van der Waals surface area contributed by atoms with E-state index in [1.165, 1.54) is 0 Å². The van der Waals surface area contributed by atoms with Crippen molar-refractivity contribution < 1.29 is 5.11 Å². The van der Waals surface area contributed by atoms with Gasteiger partial charge in [-0.2, -0.15) is 5.10 Å². The summed E-state index contributed by atoms with van der Waals surface area (Å²) in [6, 6.07) is 11.9. The van der Waals surface area contributed by atoms with Crippen LogP contribution >= 0.6 is 0 Å². The molecule has 1 aliphatic heterocycles. The molecule has 0 amide bonds. The molecule has 0 spiro atoms. The number of rotatable bonds is 4. The molecule has 1 saturated heterocycles. The van der Waals surface area contributed by atoms with Gasteiger partial charge in [0.2, 0.25) is 0 Å². The molecular formula is C21H25N5O. The second-order valence-electron chi connectivity index (χ2n) is 7.09. The lowest BCUT2D eigenvalue weighted by Gasteiger charge is -2.34. The summed E-state index contributed by atoms with van der Waals surface area (Å²) in [7, 11) is 2.15. The molecule has 6 nitrogen and oxygen atoms in total. The van der Waals surface area contributed by atoms with Gasteiger partial charge in [-0.05, 0) is 42.4 Å². The van der Waals surface area contributed by atoms with E-state index >= 15 is 0 Å². The van der Waals surface area contributed by atoms with E-state index in [2.05, 4.69) is 33.1 Å². The number of aliphatic hydroxyl groups is 1. The van der Waals surface area contributed by atoms with Crippen LogP contribution in [0.2, 0.25) is 0 Å². The highest BCUT2D eigenvalue weighted by molar-refractivity contribution is 5.95. The van der Waals surface area contributed by atoms with E-state index < -0.39 is 0 Å². The molecule has 1 fully saturated rings. The number of piperazine rings is 1. The summed E-state index contributed by atoms with van der Waals surface area (Å²) < 4.78 is 0. The summed E-state index contributed by atoms with van der Waals surface area (Å²) in [6.07, 6.45) is 3.98. The smallest absolute Gasteiger partial charge is 0.0928 e. The molecule has 27 heavy (non-hydrogen) atoms. The van der Waals surface area contributed by atoms with Crippen LogP contribution in [0, 0.1) is 0 Å². The van der Waals surface area contributed by atoms with Crippen molar-refractivity contribution in [1.29, 1.82) is 0 Å². The highest BCUT2D eigenvalue weighted by Crippen LogP contribution is 2.31. The average Bonchev–Trinajstić information content (AvgIpc) is 3.08. The van der Waals surface area contributed by atoms with E-state index in [0.717, 1.165) is 65.3 Å². The number of aliphatic hydroxyl groups excluding tert-OH is 1. The number of aromatic amines is 1. The molecule has 0 saturated carbocycles. The number of nitrogens with one attached hydrogen (secondary N) is 1. The number of benzene rings is 2. The van der Waals surface area contributed by atoms with Gasteiger partial charge in [-0.25, -0.2) is 0 Å². The average molecular weight is 363 g/mol. The lowest BCUT2D eigenvalue weighted by molar-refractivity contribution is 0.282. The maximum Gasteiger partial charge on any atom is 0.0928 e. The molecule has 2 aromatic carbocycles. The molecule has 2 heterocycles. The number of likely N-dealkylation sites (N-methyl/N-ethyl adjacent to an activating group) is 1. The van der Waals surface area contributed by atoms with Crippen LogP contribution in [0.3, 0.4) is 0 Å². The summed E-state index contributed by atoms with van der Waals surface area (Å²) in [4.78, 5) is 4.67. The van der Waals surface area contributed by atoms with Gasteiger partial charge in [0.05, 0.1) is 29.2 Å². The second kappa shape index (κ2) is 7.42. The molecule has 0 unspecified atom stereocenters. The van der Waals surface area contributed by atoms with Crippen LogP contribution in [0.15, 0.2) is 36.4 Å². The Balaban J connectivity index is 1.62. The van der Waals surface area contributed by atoms with Crippen LogP contribution in [0.1, 0.15) is 16.8 Å². The van der Waals surface area contributed by atoms with E-state index in [9.17, 15) is 5.11 Å². The van der Waals surface area contributed by atoms with Crippen LogP contribution in [0.25, 0.3) is 23.1 Å². The Labute approximate surface area is 158 Å². The van der Waals surface area contributed by atoms with Crippen LogP contribution in [-0.2, 0) is 6.61 Å². The first kappa shape index (κ1) is 17.6. The molecule has 0 atom stereocenters. The fourth-order valence-corrected chi connectivity index (χ4v) is 3.51. The molecule has 6 heteroatoms. The zero-order valence-corrected chi connectivity index (χ0v) is 15.5. The van der Waals surface area contributed by atoms with Gasteiger partial charge in [-0.15, -0.1) is 0 Å². The minimum atomic E-state index is 0.0403. The number of hydrogen-bond acceptors (Lipinski definition) is 5. The first-order valence-corrected chi connectivity index (χ1v) is 9.23. The molecule has 0 aliphatic carbocycles. The highest BCUT2D eigenvalue weighted by atomic mass is 16.3. The third-order valence-electron chi connectivity index (χ3n) is 5.15. The number of fused-ring (bicyclic) bond motifs is 1. The molecule has 0 bridgehead atoms. The molecule has 140 valence electrons. The van der Waals surface area contributed by atoms with Gasteiger partial charge >= 0.3 is 0 Å². The fraction of sp³-hybridized carbons (Fsp3) is 0.286. The predicted octanol–water partition coefficient (Wildman–Crippen LogP) is 2.56. The molecule has 4 N–H and O–H groups in total. The van der Waals surface area contributed by atoms with Gasteiger partial charge in [0, 0.05) is 31.6 Å². The van der Waals surface area contributed by atoms with Gasteiger partial charge in [0.25, 0.3) is 0 Å². The van der Waals surface area contributed by atoms with Crippen molar-refractivity contribution in [2.75, 3.05) is 43.9 Å². The van der Waals surface area contributed by atoms with Crippen molar-refractivity contribution in [2.45, 2.75) is 6.61 Å². The fourth-order valence-electron chi connectivity index (χ4n) is 3.51. The second-order valence-corrected chi connectivity index (χ2v) is 7.09. The van der Waals surface area contributed by atoms with Crippen LogP contribution in [0.4, 0.5) is 11.4 Å². The van der Waals surface area contributed by atoms with Crippen LogP contribution in [0.5, 0.6) is 0 Å². The zero-order valence-electron chi connectivity index (χ0n) is 15.5. The Bertz CT molecular complexity index is 970. The van der Waals surface area contributed by atoms with Crippen molar-refractivity contribution in [2.24, 2.45) is 0 Å². The number of H-pyrrole nitrogens is 1. The van der Waals surface area contributed by atoms with Crippen LogP contribution in [-0.4, -0.2) is 53.4 Å². The predicted molar refractivity (Wildman–Crippen MR) is 112 cm³/mol. The minimum Gasteiger partial charge on any atom is -0.397 e.